The molecule has 2 aromatic carbocycles. The van der Waals surface area contributed by atoms with Gasteiger partial charge in [-0.2, -0.15) is 0 Å². The average Bonchev–Trinajstić information content (AvgIpc) is 3.64. The van der Waals surface area contributed by atoms with Crippen LogP contribution in [0.25, 0.3) is 11.0 Å². The summed E-state index contributed by atoms with van der Waals surface area (Å²) < 4.78 is 8.12. The molecule has 0 aliphatic heterocycles. The Bertz CT molecular complexity index is 1450. The van der Waals surface area contributed by atoms with Gasteiger partial charge in [0, 0.05) is 12.7 Å². The van der Waals surface area contributed by atoms with E-state index in [1.807, 2.05) is 48.3 Å². The summed E-state index contributed by atoms with van der Waals surface area (Å²) in [5.41, 5.74) is 7.15. The minimum absolute atomic E-state index is 0.227. The standard InChI is InChI=1S/C34H46ClN3O2Si/c1-22(2)41(23(3)4,24(5)6)20-19-31(39)38(25-15-18-30(27(35)21-25)40-26-16-17-26)32(34(7,8)9)33-36-28-13-11-12-14-29(28)37(33)10/h11-15,18,21-24,26,32H,16-17H2,1-10H3. The lowest BCUT2D eigenvalue weighted by Crippen LogP contribution is -2.45. The Labute approximate surface area is 252 Å². The number of rotatable bonds is 8. The molecule has 5 nitrogen and oxygen atoms in total. The van der Waals surface area contributed by atoms with E-state index in [4.69, 9.17) is 21.3 Å². The van der Waals surface area contributed by atoms with Crippen molar-refractivity contribution in [2.75, 3.05) is 4.90 Å². The molecule has 220 valence electrons. The largest absolute Gasteiger partial charge is 0.489 e. The van der Waals surface area contributed by atoms with E-state index in [0.29, 0.717) is 33.1 Å². The first kappa shape index (κ1) is 31.2. The van der Waals surface area contributed by atoms with E-state index in [1.165, 1.54) is 0 Å². The molecule has 1 fully saturated rings. The fraction of sp³-hybridized carbons (Fsp3) is 0.529. The molecule has 1 heterocycles. The average molecular weight is 592 g/mol. The lowest BCUT2D eigenvalue weighted by molar-refractivity contribution is -0.114. The molecule has 0 bridgehead atoms. The van der Waals surface area contributed by atoms with Crippen LogP contribution in [-0.4, -0.2) is 29.6 Å². The Kier molecular flexibility index (Phi) is 9.02. The molecule has 0 radical (unpaired) electrons. The third kappa shape index (κ3) is 6.22. The second kappa shape index (κ2) is 11.9. The molecule has 3 aromatic rings. The fourth-order valence-corrected chi connectivity index (χ4v) is 11.8. The summed E-state index contributed by atoms with van der Waals surface area (Å²) in [6.07, 6.45) is 2.32. The van der Waals surface area contributed by atoms with Crippen LogP contribution in [0.3, 0.4) is 0 Å². The van der Waals surface area contributed by atoms with Crippen molar-refractivity contribution in [1.29, 1.82) is 0 Å². The van der Waals surface area contributed by atoms with Crippen molar-refractivity contribution in [3.63, 3.8) is 0 Å². The number of hydrogen-bond donors (Lipinski definition) is 0. The van der Waals surface area contributed by atoms with Crippen molar-refractivity contribution in [1.82, 2.24) is 9.55 Å². The summed E-state index contributed by atoms with van der Waals surface area (Å²) in [6, 6.07) is 13.3. The summed E-state index contributed by atoms with van der Waals surface area (Å²) in [4.78, 5) is 21.4. The smallest absolute Gasteiger partial charge is 0.303 e. The van der Waals surface area contributed by atoms with Gasteiger partial charge in [-0.1, -0.05) is 86.0 Å². The molecule has 1 unspecified atom stereocenters. The van der Waals surface area contributed by atoms with Crippen molar-refractivity contribution >= 4 is 42.3 Å². The van der Waals surface area contributed by atoms with Crippen LogP contribution in [0.15, 0.2) is 42.5 Å². The topological polar surface area (TPSA) is 47.4 Å². The molecule has 7 heteroatoms. The van der Waals surface area contributed by atoms with E-state index < -0.39 is 14.1 Å². The molecule has 0 N–H and O–H groups in total. The van der Waals surface area contributed by atoms with Crippen molar-refractivity contribution in [2.24, 2.45) is 12.5 Å². The molecule has 1 atom stereocenters. The van der Waals surface area contributed by atoms with E-state index in [-0.39, 0.29) is 17.4 Å². The number of imidazole rings is 1. The Hall–Kier alpha value is -2.75. The summed E-state index contributed by atoms with van der Waals surface area (Å²) >= 11 is 6.77. The first-order chi connectivity index (χ1) is 19.2. The highest BCUT2D eigenvalue weighted by Gasteiger charge is 2.43. The van der Waals surface area contributed by atoms with E-state index in [9.17, 15) is 4.79 Å². The summed E-state index contributed by atoms with van der Waals surface area (Å²) in [5, 5.41) is 0.494. The minimum atomic E-state index is -2.14. The second-order valence-corrected chi connectivity index (χ2v) is 19.5. The van der Waals surface area contributed by atoms with Crippen LogP contribution in [0.2, 0.25) is 21.6 Å². The van der Waals surface area contributed by atoms with Crippen molar-refractivity contribution < 1.29 is 9.53 Å². The minimum Gasteiger partial charge on any atom is -0.489 e. The molecule has 1 saturated carbocycles. The molecule has 0 saturated heterocycles. The maximum absolute atomic E-state index is 14.5. The van der Waals surface area contributed by atoms with E-state index in [2.05, 4.69) is 84.4 Å². The molecule has 41 heavy (non-hydrogen) atoms. The number of nitrogens with zero attached hydrogens (tertiary/aromatic N) is 3. The third-order valence-corrected chi connectivity index (χ3v) is 15.2. The van der Waals surface area contributed by atoms with Crippen LogP contribution in [0.5, 0.6) is 5.75 Å². The summed E-state index contributed by atoms with van der Waals surface area (Å²) in [7, 11) is -0.122. The number of anilines is 1. The van der Waals surface area contributed by atoms with Crippen LogP contribution in [0.1, 0.15) is 87.0 Å². The Balaban J connectivity index is 1.92. The predicted octanol–water partition coefficient (Wildman–Crippen LogP) is 9.11. The Morgan fingerprint density at radius 2 is 1.66 bits per heavy atom. The van der Waals surface area contributed by atoms with E-state index in [0.717, 1.165) is 29.7 Å². The number of amides is 1. The zero-order valence-corrected chi connectivity index (χ0v) is 28.1. The number of hydrogen-bond acceptors (Lipinski definition) is 3. The molecule has 0 spiro atoms. The van der Waals surface area contributed by atoms with Gasteiger partial charge in [-0.3, -0.25) is 9.69 Å². The van der Waals surface area contributed by atoms with Crippen LogP contribution >= 0.6 is 11.6 Å². The molecule has 1 aliphatic rings. The van der Waals surface area contributed by atoms with Crippen molar-refractivity contribution in [2.45, 2.75) is 104 Å². The molecular formula is C34H46ClN3O2Si. The number of aromatic nitrogens is 2. The van der Waals surface area contributed by atoms with Gasteiger partial charge in [0.05, 0.1) is 22.2 Å². The highest BCUT2D eigenvalue weighted by molar-refractivity contribution is 6.90. The predicted molar refractivity (Wildman–Crippen MR) is 174 cm³/mol. The van der Waals surface area contributed by atoms with Crippen LogP contribution in [0, 0.1) is 16.9 Å². The van der Waals surface area contributed by atoms with Gasteiger partial charge in [0.25, 0.3) is 0 Å². The van der Waals surface area contributed by atoms with Crippen molar-refractivity contribution in [3.8, 4) is 17.2 Å². The molecule has 1 aromatic heterocycles. The van der Waals surface area contributed by atoms with Gasteiger partial charge in [-0.15, -0.1) is 5.54 Å². The number of para-hydroxylation sites is 2. The van der Waals surface area contributed by atoms with Crippen molar-refractivity contribution in [3.05, 3.63) is 53.3 Å². The number of halogens is 1. The number of benzene rings is 2. The van der Waals surface area contributed by atoms with Crippen LogP contribution in [0.4, 0.5) is 5.69 Å². The van der Waals surface area contributed by atoms with Gasteiger partial charge >= 0.3 is 5.91 Å². The third-order valence-electron chi connectivity index (χ3n) is 8.63. The first-order valence-corrected chi connectivity index (χ1v) is 17.5. The first-order valence-electron chi connectivity index (χ1n) is 14.9. The highest BCUT2D eigenvalue weighted by Crippen LogP contribution is 2.44. The quantitative estimate of drug-likeness (QED) is 0.194. The maximum atomic E-state index is 14.5. The fourth-order valence-electron chi connectivity index (χ4n) is 6.44. The highest BCUT2D eigenvalue weighted by atomic mass is 35.5. The second-order valence-electron chi connectivity index (χ2n) is 13.5. The molecule has 4 rings (SSSR count). The Morgan fingerprint density at radius 3 is 2.17 bits per heavy atom. The molecule has 1 amide bonds. The summed E-state index contributed by atoms with van der Waals surface area (Å²) in [5.74, 6) is 4.43. The van der Waals surface area contributed by atoms with Crippen LogP contribution < -0.4 is 9.64 Å². The zero-order valence-electron chi connectivity index (χ0n) is 26.4. The van der Waals surface area contributed by atoms with E-state index in [1.54, 1.807) is 0 Å². The number of aryl methyl sites for hydroxylation is 1. The van der Waals surface area contributed by atoms with Gasteiger partial charge < -0.3 is 9.30 Å². The lowest BCUT2D eigenvalue weighted by Gasteiger charge is -2.40. The number of carbonyl (C=O) groups is 1. The molecule has 1 aliphatic carbocycles. The number of ether oxygens (including phenoxy) is 1. The normalized spacial score (nSPS) is 14.9. The Morgan fingerprint density at radius 1 is 1.05 bits per heavy atom. The molecular weight excluding hydrogens is 546 g/mol. The maximum Gasteiger partial charge on any atom is 0.303 e. The van der Waals surface area contributed by atoms with Crippen LogP contribution in [-0.2, 0) is 11.8 Å². The van der Waals surface area contributed by atoms with Gasteiger partial charge in [0.15, 0.2) is 0 Å². The van der Waals surface area contributed by atoms with Gasteiger partial charge in [0.1, 0.15) is 25.7 Å². The monoisotopic (exact) mass is 591 g/mol. The SMILES string of the molecule is CC(C)[Si](C#CC(=O)N(c1ccc(OC2CC2)c(Cl)c1)C(c1nc2ccccc2n1C)C(C)(C)C)(C(C)C)C(C)C. The van der Waals surface area contributed by atoms with Gasteiger partial charge in [-0.05, 0) is 71.1 Å². The van der Waals surface area contributed by atoms with Gasteiger partial charge in [-0.25, -0.2) is 4.98 Å². The number of carbonyl (C=O) groups excluding carboxylic acids is 1. The zero-order chi connectivity index (χ0) is 30.3. The van der Waals surface area contributed by atoms with Gasteiger partial charge in [0.2, 0.25) is 0 Å². The van der Waals surface area contributed by atoms with E-state index >= 15 is 0 Å². The lowest BCUT2D eigenvalue weighted by atomic mass is 9.84. The number of fused-ring (bicyclic) bond motifs is 1. The summed E-state index contributed by atoms with van der Waals surface area (Å²) in [6.45, 7) is 20.0.